The number of aryl methyl sites for hydroxylation is 4. The number of benzene rings is 6. The van der Waals surface area contributed by atoms with Gasteiger partial charge in [-0.2, -0.15) is 0 Å². The molecule has 0 amide bonds. The third-order valence-electron chi connectivity index (χ3n) is 11.2. The molecule has 0 bridgehead atoms. The van der Waals surface area contributed by atoms with Gasteiger partial charge in [0, 0.05) is 23.5 Å². The molecule has 12 nitrogen and oxygen atoms in total. The first-order chi connectivity index (χ1) is 32.3. The molecule has 0 heterocycles. The summed E-state index contributed by atoms with van der Waals surface area (Å²) in [5.41, 5.74) is 5.86. The van der Waals surface area contributed by atoms with Gasteiger partial charge in [-0.3, -0.25) is 4.79 Å². The van der Waals surface area contributed by atoms with Crippen molar-refractivity contribution in [1.29, 1.82) is 0 Å². The Morgan fingerprint density at radius 2 is 1.21 bits per heavy atom. The first kappa shape index (κ1) is 47.7. The zero-order valence-corrected chi connectivity index (χ0v) is 39.1. The molecule has 7 rings (SSSR count). The summed E-state index contributed by atoms with van der Waals surface area (Å²) in [5, 5.41) is 2.27. The van der Waals surface area contributed by atoms with Crippen LogP contribution in [0.1, 0.15) is 56.2 Å². The molecule has 1 aliphatic carbocycles. The van der Waals surface area contributed by atoms with Crippen LogP contribution in [-0.4, -0.2) is 57.0 Å². The van der Waals surface area contributed by atoms with Gasteiger partial charge in [0.05, 0.1) is 12.9 Å². The lowest BCUT2D eigenvalue weighted by Gasteiger charge is -2.23. The lowest BCUT2D eigenvalue weighted by atomic mass is 9.95. The van der Waals surface area contributed by atoms with Gasteiger partial charge in [-0.25, -0.2) is 9.59 Å². The van der Waals surface area contributed by atoms with Crippen molar-refractivity contribution < 1.29 is 56.8 Å². The summed E-state index contributed by atoms with van der Waals surface area (Å²) in [5.74, 6) is 2.93. The van der Waals surface area contributed by atoms with E-state index in [1.54, 1.807) is 61.5 Å². The Morgan fingerprint density at radius 3 is 1.82 bits per heavy atom. The quantitative estimate of drug-likeness (QED) is 0.0251. The molecule has 0 N–H and O–H groups in total. The van der Waals surface area contributed by atoms with E-state index in [2.05, 4.69) is 11.3 Å². The van der Waals surface area contributed by atoms with Gasteiger partial charge in [-0.15, -0.1) is 0 Å². The normalized spacial score (nSPS) is 13.7. The Morgan fingerprint density at radius 1 is 0.657 bits per heavy atom. The number of rotatable bonds is 19. The van der Waals surface area contributed by atoms with Crippen molar-refractivity contribution in [3.8, 4) is 28.7 Å². The largest absolute Gasteiger partial charge is 0.513 e. The predicted molar refractivity (Wildman–Crippen MR) is 258 cm³/mol. The van der Waals surface area contributed by atoms with Crippen LogP contribution >= 0.6 is 7.14 Å². The van der Waals surface area contributed by atoms with Gasteiger partial charge in [0.25, 0.3) is 0 Å². The zero-order chi connectivity index (χ0) is 47.5. The summed E-state index contributed by atoms with van der Waals surface area (Å²) in [6.45, 7) is 13.9. The van der Waals surface area contributed by atoms with Crippen molar-refractivity contribution in [3.63, 3.8) is 0 Å². The van der Waals surface area contributed by atoms with E-state index < -0.39 is 31.1 Å². The van der Waals surface area contributed by atoms with Crippen LogP contribution in [-0.2, 0) is 31.4 Å². The van der Waals surface area contributed by atoms with E-state index in [0.717, 1.165) is 44.9 Å². The maximum atomic E-state index is 15.4. The number of hydrogen-bond donors (Lipinski definition) is 0. The minimum Gasteiger partial charge on any atom is -0.490 e. The SMILES string of the molecule is C=COC(=O)OC1C=Cc2cc(OCCOc3cc(C)c(CP(=O)(C(=O)c4c(C)cc(OCCOc5ccc6cc(OC(=O)OCC)ccc6c5)cc4C)c4ccccc4)c(C)c3)ccc2C1. The molecule has 1 aliphatic rings. The molecule has 6 aromatic carbocycles. The van der Waals surface area contributed by atoms with Gasteiger partial charge in [-0.05, 0) is 151 Å². The minimum atomic E-state index is -3.74. The monoisotopic (exact) mass is 924 g/mol. The summed E-state index contributed by atoms with van der Waals surface area (Å²) in [4.78, 5) is 38.1. The fraction of sp³-hybridized carbons (Fsp3) is 0.241. The van der Waals surface area contributed by atoms with E-state index in [-0.39, 0.29) is 32.6 Å². The first-order valence-corrected chi connectivity index (χ1v) is 23.8. The van der Waals surface area contributed by atoms with Crippen LogP contribution in [0.4, 0.5) is 9.59 Å². The second-order valence-corrected chi connectivity index (χ2v) is 18.7. The smallest absolute Gasteiger partial charge is 0.490 e. The lowest BCUT2D eigenvalue weighted by Crippen LogP contribution is -2.20. The van der Waals surface area contributed by atoms with Crippen LogP contribution in [0.15, 0.2) is 128 Å². The molecule has 2 atom stereocenters. The second-order valence-electron chi connectivity index (χ2n) is 16.0. The number of carbonyl (C=O) groups excluding carboxylic acids is 3. The van der Waals surface area contributed by atoms with Crippen LogP contribution in [0.25, 0.3) is 16.8 Å². The highest BCUT2D eigenvalue weighted by molar-refractivity contribution is 7.86. The highest BCUT2D eigenvalue weighted by atomic mass is 31.2. The van der Waals surface area contributed by atoms with Gasteiger partial charge in [0.15, 0.2) is 7.14 Å². The maximum Gasteiger partial charge on any atom is 0.513 e. The molecule has 0 aromatic heterocycles. The van der Waals surface area contributed by atoms with Gasteiger partial charge in [0.2, 0.25) is 5.52 Å². The average Bonchev–Trinajstić information content (AvgIpc) is 3.30. The summed E-state index contributed by atoms with van der Waals surface area (Å²) in [7, 11) is -3.74. The van der Waals surface area contributed by atoms with E-state index in [9.17, 15) is 14.4 Å². The van der Waals surface area contributed by atoms with Crippen molar-refractivity contribution in [2.24, 2.45) is 0 Å². The second kappa shape index (κ2) is 21.8. The first-order valence-electron chi connectivity index (χ1n) is 21.9. The number of hydrogen-bond acceptors (Lipinski definition) is 12. The number of ether oxygens (including phenoxy) is 8. The van der Waals surface area contributed by atoms with E-state index in [1.807, 2.05) is 94.4 Å². The average molecular weight is 925 g/mol. The topological polar surface area (TPSA) is 142 Å². The Labute approximate surface area is 390 Å². The van der Waals surface area contributed by atoms with E-state index in [0.29, 0.717) is 63.8 Å². The molecule has 0 saturated heterocycles. The lowest BCUT2D eigenvalue weighted by molar-refractivity contribution is 0.0633. The molecule has 0 aliphatic heterocycles. The van der Waals surface area contributed by atoms with Crippen molar-refractivity contribution in [2.45, 2.75) is 53.3 Å². The number of carbonyl (C=O) groups is 3. The molecule has 67 heavy (non-hydrogen) atoms. The molecule has 346 valence electrons. The summed E-state index contributed by atoms with van der Waals surface area (Å²) < 4.78 is 59.6. The number of fused-ring (bicyclic) bond motifs is 2. The Kier molecular flexibility index (Phi) is 15.5. The van der Waals surface area contributed by atoms with Crippen molar-refractivity contribution in [2.75, 3.05) is 33.0 Å². The summed E-state index contributed by atoms with van der Waals surface area (Å²) in [6.07, 6.45) is 3.30. The van der Waals surface area contributed by atoms with Crippen LogP contribution in [0.2, 0.25) is 0 Å². The molecule has 2 unspecified atom stereocenters. The summed E-state index contributed by atoms with van der Waals surface area (Å²) in [6, 6.07) is 33.0. The van der Waals surface area contributed by atoms with Crippen molar-refractivity contribution in [3.05, 3.63) is 173 Å². The summed E-state index contributed by atoms with van der Waals surface area (Å²) >= 11 is 0. The zero-order valence-electron chi connectivity index (χ0n) is 38.2. The van der Waals surface area contributed by atoms with Gasteiger partial charge >= 0.3 is 12.3 Å². The van der Waals surface area contributed by atoms with Crippen LogP contribution in [0.5, 0.6) is 28.7 Å². The third kappa shape index (κ3) is 11.9. The van der Waals surface area contributed by atoms with Gasteiger partial charge in [-0.1, -0.05) is 61.2 Å². The predicted octanol–water partition coefficient (Wildman–Crippen LogP) is 11.8. The van der Waals surface area contributed by atoms with Crippen LogP contribution in [0, 0.1) is 27.7 Å². The fourth-order valence-electron chi connectivity index (χ4n) is 8.02. The Hall–Kier alpha value is -7.30. The molecule has 13 heteroatoms. The van der Waals surface area contributed by atoms with Crippen molar-refractivity contribution in [1.82, 2.24) is 0 Å². The Bertz CT molecular complexity index is 2820. The molecular formula is C54H53O12P. The van der Waals surface area contributed by atoms with Crippen LogP contribution in [0.3, 0.4) is 0 Å². The molecule has 6 aromatic rings. The van der Waals surface area contributed by atoms with Crippen LogP contribution < -0.4 is 29.0 Å². The van der Waals surface area contributed by atoms with Crippen molar-refractivity contribution >= 4 is 47.1 Å². The standard InChI is InChI=1S/C54H53O12P/c1-7-59-53(56)65-45-20-16-39-30-43(18-14-41(39)32-45)61-22-24-63-47-26-35(3)50(36(4)27-47)34-67(58,49-12-10-9-11-13-49)52(55)51-37(5)28-48(29-38(51)6)64-25-23-62-44-19-15-42-33-46(21-17-40(42)31-44)66-54(57)60-8-2/h7,9-21,26-31,33,45H,1,8,22-25,32,34H2,2-6H3. The van der Waals surface area contributed by atoms with Gasteiger partial charge in [0.1, 0.15) is 61.3 Å². The molecule has 0 saturated carbocycles. The third-order valence-corrected chi connectivity index (χ3v) is 14.0. The molecular weight excluding hydrogens is 872 g/mol. The van der Waals surface area contributed by atoms with E-state index in [1.165, 1.54) is 0 Å². The highest BCUT2D eigenvalue weighted by Gasteiger charge is 2.37. The molecule has 0 spiro atoms. The molecule has 0 radical (unpaired) electrons. The maximum absolute atomic E-state index is 15.4. The minimum absolute atomic E-state index is 0.0429. The fourth-order valence-corrected chi connectivity index (χ4v) is 10.9. The van der Waals surface area contributed by atoms with E-state index in [4.69, 9.17) is 33.2 Å². The van der Waals surface area contributed by atoms with E-state index >= 15 is 4.57 Å². The van der Waals surface area contributed by atoms with Gasteiger partial charge < -0.3 is 42.5 Å². The highest BCUT2D eigenvalue weighted by Crippen LogP contribution is 2.53. The molecule has 0 fully saturated rings. The Balaban J connectivity index is 0.962.